The van der Waals surface area contributed by atoms with Crippen molar-refractivity contribution in [1.82, 2.24) is 30.5 Å². The first-order chi connectivity index (χ1) is 17.4. The number of nitrogens with zero attached hydrogens (tertiary/aromatic N) is 3. The summed E-state index contributed by atoms with van der Waals surface area (Å²) in [6.07, 6.45) is 5.87. The molecule has 0 bridgehead atoms. The Bertz CT molecular complexity index is 1660. The molecule has 1 amide bonds. The van der Waals surface area contributed by atoms with Gasteiger partial charge in [-0.05, 0) is 62.0 Å². The van der Waals surface area contributed by atoms with Gasteiger partial charge < -0.3 is 27.1 Å². The lowest BCUT2D eigenvalue weighted by Crippen LogP contribution is -2.23. The van der Waals surface area contributed by atoms with E-state index in [1.807, 2.05) is 50.2 Å². The quantitative estimate of drug-likeness (QED) is 0.201. The van der Waals surface area contributed by atoms with E-state index in [-0.39, 0.29) is 5.91 Å². The Morgan fingerprint density at radius 3 is 2.67 bits per heavy atom. The van der Waals surface area contributed by atoms with Crippen molar-refractivity contribution in [2.75, 3.05) is 5.32 Å². The Kier molecular flexibility index (Phi) is 5.83. The third-order valence-corrected chi connectivity index (χ3v) is 5.94. The number of amides is 1. The molecule has 180 valence electrons. The smallest absolute Gasteiger partial charge is 0.272 e. The van der Waals surface area contributed by atoms with E-state index in [0.717, 1.165) is 50.0 Å². The van der Waals surface area contributed by atoms with E-state index in [9.17, 15) is 4.79 Å². The van der Waals surface area contributed by atoms with Crippen LogP contribution in [-0.2, 0) is 0 Å². The molecule has 5 rings (SSSR count). The molecule has 0 unspecified atom stereocenters. The Hall–Kier alpha value is -5.12. The molecule has 8 N–H and O–H groups in total. The molecular weight excluding hydrogens is 454 g/mol. The second kappa shape index (κ2) is 9.26. The Labute approximate surface area is 206 Å². The highest BCUT2D eigenvalue weighted by molar-refractivity contribution is 5.99. The second-order valence-electron chi connectivity index (χ2n) is 8.32. The molecule has 2 aromatic carbocycles. The van der Waals surface area contributed by atoms with Gasteiger partial charge in [0.15, 0.2) is 0 Å². The minimum absolute atomic E-state index is 0.322. The zero-order chi connectivity index (χ0) is 25.2. The van der Waals surface area contributed by atoms with Crippen molar-refractivity contribution < 1.29 is 4.79 Å². The van der Waals surface area contributed by atoms with Crippen molar-refractivity contribution in [2.45, 2.75) is 13.8 Å². The monoisotopic (exact) mass is 479 g/mol. The number of aromatic amines is 2. The predicted molar refractivity (Wildman–Crippen MR) is 141 cm³/mol. The van der Waals surface area contributed by atoms with Gasteiger partial charge in [-0.25, -0.2) is 9.97 Å². The van der Waals surface area contributed by atoms with Crippen LogP contribution in [0.15, 0.2) is 72.8 Å². The third kappa shape index (κ3) is 4.34. The summed E-state index contributed by atoms with van der Waals surface area (Å²) in [6.45, 7) is 3.95. The van der Waals surface area contributed by atoms with Crippen LogP contribution in [0.5, 0.6) is 0 Å². The molecule has 0 aliphatic rings. The summed E-state index contributed by atoms with van der Waals surface area (Å²) in [6, 6.07) is 13.6. The van der Waals surface area contributed by atoms with E-state index in [1.54, 1.807) is 12.3 Å². The SMILES string of the molecule is Cc1nc(Nc2ccc3[nH]ncc3c2)nc(-c2ccc3cc(C(=O)NC(/C=C\N)=C/N)[nH]c3c2)c1C. The molecule has 10 nitrogen and oxygen atoms in total. The van der Waals surface area contributed by atoms with Crippen LogP contribution in [0.2, 0.25) is 0 Å². The first kappa shape index (κ1) is 22.7. The van der Waals surface area contributed by atoms with Gasteiger partial charge in [0, 0.05) is 39.4 Å². The number of H-pyrrole nitrogens is 2. The van der Waals surface area contributed by atoms with Crippen LogP contribution in [0.25, 0.3) is 33.1 Å². The van der Waals surface area contributed by atoms with E-state index in [4.69, 9.17) is 16.5 Å². The number of benzene rings is 2. The van der Waals surface area contributed by atoms with Crippen molar-refractivity contribution in [2.24, 2.45) is 11.5 Å². The standard InChI is InChI=1S/C26H25N9O/c1-14-15(2)30-26(32-19-5-6-21-18(9-19)13-29-35-21)34-24(14)17-4-3-16-10-23(33-22(16)11-17)25(36)31-20(12-28)7-8-27/h3-13,33H,27-28H2,1-2H3,(H,29,35)(H,31,36)(H,30,32,34)/b8-7-,20-12+. The number of nitrogens with one attached hydrogen (secondary N) is 4. The molecule has 36 heavy (non-hydrogen) atoms. The number of aromatic nitrogens is 5. The van der Waals surface area contributed by atoms with Crippen molar-refractivity contribution in [1.29, 1.82) is 0 Å². The van der Waals surface area contributed by atoms with Gasteiger partial charge in [0.2, 0.25) is 5.95 Å². The maximum absolute atomic E-state index is 12.6. The molecule has 0 saturated heterocycles. The average Bonchev–Trinajstić information content (AvgIpc) is 3.52. The topological polar surface area (TPSA) is 163 Å². The molecule has 10 heteroatoms. The molecule has 3 heterocycles. The van der Waals surface area contributed by atoms with Crippen LogP contribution < -0.4 is 22.1 Å². The number of allylic oxidation sites excluding steroid dienone is 1. The fraction of sp³-hybridized carbons (Fsp3) is 0.0769. The first-order valence-corrected chi connectivity index (χ1v) is 11.2. The molecule has 0 spiro atoms. The van der Waals surface area contributed by atoms with Crippen molar-refractivity contribution in [3.63, 3.8) is 0 Å². The van der Waals surface area contributed by atoms with Crippen LogP contribution >= 0.6 is 0 Å². The molecule has 0 fully saturated rings. The van der Waals surface area contributed by atoms with Gasteiger partial charge in [-0.1, -0.05) is 12.1 Å². The summed E-state index contributed by atoms with van der Waals surface area (Å²) in [5.74, 6) is 0.175. The van der Waals surface area contributed by atoms with E-state index in [0.29, 0.717) is 17.3 Å². The highest BCUT2D eigenvalue weighted by Gasteiger charge is 2.14. The normalized spacial score (nSPS) is 12.0. The van der Waals surface area contributed by atoms with Crippen LogP contribution in [0.3, 0.4) is 0 Å². The predicted octanol–water partition coefficient (Wildman–Crippen LogP) is 3.86. The molecule has 0 saturated carbocycles. The number of carbonyl (C=O) groups excluding carboxylic acids is 1. The van der Waals surface area contributed by atoms with E-state index < -0.39 is 0 Å². The number of hydrogen-bond donors (Lipinski definition) is 6. The van der Waals surface area contributed by atoms with Gasteiger partial charge in [-0.2, -0.15) is 5.10 Å². The van der Waals surface area contributed by atoms with Crippen LogP contribution in [0.4, 0.5) is 11.6 Å². The Morgan fingerprint density at radius 2 is 1.86 bits per heavy atom. The molecular formula is C26H25N9O. The van der Waals surface area contributed by atoms with Crippen molar-refractivity contribution in [3.8, 4) is 11.3 Å². The fourth-order valence-corrected chi connectivity index (χ4v) is 3.95. The van der Waals surface area contributed by atoms with E-state index >= 15 is 0 Å². The summed E-state index contributed by atoms with van der Waals surface area (Å²) in [4.78, 5) is 25.3. The lowest BCUT2D eigenvalue weighted by Gasteiger charge is -2.12. The third-order valence-electron chi connectivity index (χ3n) is 5.94. The minimum atomic E-state index is -0.322. The van der Waals surface area contributed by atoms with Gasteiger partial charge in [-0.15, -0.1) is 0 Å². The highest BCUT2D eigenvalue weighted by Crippen LogP contribution is 2.29. The molecule has 0 radical (unpaired) electrons. The Balaban J connectivity index is 1.46. The van der Waals surface area contributed by atoms with Crippen LogP contribution in [-0.4, -0.2) is 31.1 Å². The number of carbonyl (C=O) groups is 1. The fourth-order valence-electron chi connectivity index (χ4n) is 3.95. The summed E-state index contributed by atoms with van der Waals surface area (Å²) < 4.78 is 0. The molecule has 0 aliphatic heterocycles. The Morgan fingerprint density at radius 1 is 1.00 bits per heavy atom. The number of anilines is 2. The second-order valence-corrected chi connectivity index (χ2v) is 8.32. The number of rotatable bonds is 6. The zero-order valence-electron chi connectivity index (χ0n) is 19.8. The van der Waals surface area contributed by atoms with Gasteiger partial charge >= 0.3 is 0 Å². The summed E-state index contributed by atoms with van der Waals surface area (Å²) in [7, 11) is 0. The minimum Gasteiger partial charge on any atom is -0.405 e. The molecule has 0 aliphatic carbocycles. The largest absolute Gasteiger partial charge is 0.405 e. The highest BCUT2D eigenvalue weighted by atomic mass is 16.1. The van der Waals surface area contributed by atoms with Crippen molar-refractivity contribution in [3.05, 3.63) is 89.8 Å². The molecule has 0 atom stereocenters. The number of hydrogen-bond acceptors (Lipinski definition) is 7. The molecule has 3 aromatic heterocycles. The maximum atomic E-state index is 12.6. The van der Waals surface area contributed by atoms with Crippen LogP contribution in [0.1, 0.15) is 21.7 Å². The lowest BCUT2D eigenvalue weighted by atomic mass is 10.0. The average molecular weight is 480 g/mol. The van der Waals surface area contributed by atoms with E-state index in [1.165, 1.54) is 18.5 Å². The lowest BCUT2D eigenvalue weighted by molar-refractivity contribution is 0.0963. The van der Waals surface area contributed by atoms with E-state index in [2.05, 4.69) is 30.8 Å². The van der Waals surface area contributed by atoms with Gasteiger partial charge in [0.05, 0.1) is 23.1 Å². The number of fused-ring (bicyclic) bond motifs is 2. The summed E-state index contributed by atoms with van der Waals surface area (Å²) >= 11 is 0. The van der Waals surface area contributed by atoms with Gasteiger partial charge in [0.1, 0.15) is 5.69 Å². The van der Waals surface area contributed by atoms with Gasteiger partial charge in [-0.3, -0.25) is 9.89 Å². The van der Waals surface area contributed by atoms with Gasteiger partial charge in [0.25, 0.3) is 5.91 Å². The number of nitrogens with two attached hydrogens (primary N) is 2. The molecule has 5 aromatic rings. The van der Waals surface area contributed by atoms with Crippen molar-refractivity contribution >= 4 is 39.3 Å². The maximum Gasteiger partial charge on any atom is 0.272 e. The summed E-state index contributed by atoms with van der Waals surface area (Å²) in [5.41, 5.74) is 17.9. The summed E-state index contributed by atoms with van der Waals surface area (Å²) in [5, 5.41) is 14.9. The zero-order valence-corrected chi connectivity index (χ0v) is 19.8. The number of aryl methyl sites for hydroxylation is 1. The van der Waals surface area contributed by atoms with Crippen LogP contribution in [0, 0.1) is 13.8 Å². The first-order valence-electron chi connectivity index (χ1n) is 11.2.